The molecule has 0 bridgehead atoms. The van der Waals surface area contributed by atoms with Crippen molar-refractivity contribution in [1.29, 1.82) is 0 Å². The lowest BCUT2D eigenvalue weighted by Crippen LogP contribution is -2.03. The first-order chi connectivity index (χ1) is 6.63. The fourth-order valence-corrected chi connectivity index (χ4v) is 1.77. The Labute approximate surface area is 89.9 Å². The molecule has 1 N–H and O–H groups in total. The molecule has 0 aliphatic carbocycles. The van der Waals surface area contributed by atoms with Gasteiger partial charge in [-0.2, -0.15) is 0 Å². The molecule has 1 heterocycles. The molecule has 2 nitrogen and oxygen atoms in total. The van der Waals surface area contributed by atoms with Crippen LogP contribution in [0.5, 0.6) is 0 Å². The fraction of sp³-hybridized carbons (Fsp3) is 0.636. The summed E-state index contributed by atoms with van der Waals surface area (Å²) in [6, 6.07) is 3.39. The zero-order chi connectivity index (χ0) is 10.6. The Hall–Kier alpha value is -0.470. The Kier molecular flexibility index (Phi) is 4.49. The molecule has 0 spiro atoms. The minimum Gasteiger partial charge on any atom is -0.447 e. The molecule has 3 heteroatoms. The van der Waals surface area contributed by atoms with Crippen LogP contribution in [0, 0.1) is 5.92 Å². The van der Waals surface area contributed by atoms with Crippen molar-refractivity contribution < 1.29 is 9.52 Å². The smallest absolute Gasteiger partial charge is 0.193 e. The Morgan fingerprint density at radius 3 is 2.71 bits per heavy atom. The van der Waals surface area contributed by atoms with Gasteiger partial charge in [-0.25, -0.2) is 0 Å². The summed E-state index contributed by atoms with van der Waals surface area (Å²) < 4.78 is 5.14. The highest BCUT2D eigenvalue weighted by Gasteiger charge is 2.15. The Morgan fingerprint density at radius 1 is 1.50 bits per heavy atom. The van der Waals surface area contributed by atoms with Crippen LogP contribution in [-0.2, 0) is 0 Å². The second-order valence-corrected chi connectivity index (χ2v) is 4.16. The van der Waals surface area contributed by atoms with Crippen LogP contribution in [0.3, 0.4) is 0 Å². The zero-order valence-corrected chi connectivity index (χ0v) is 9.42. The number of halogens is 1. The quantitative estimate of drug-likeness (QED) is 0.813. The van der Waals surface area contributed by atoms with Crippen LogP contribution in [0.15, 0.2) is 16.5 Å². The minimum atomic E-state index is -0.524. The van der Waals surface area contributed by atoms with E-state index in [4.69, 9.17) is 16.0 Å². The van der Waals surface area contributed by atoms with Gasteiger partial charge in [-0.3, -0.25) is 0 Å². The monoisotopic (exact) mass is 216 g/mol. The van der Waals surface area contributed by atoms with E-state index in [1.165, 1.54) is 0 Å². The van der Waals surface area contributed by atoms with Gasteiger partial charge in [0.15, 0.2) is 5.22 Å². The summed E-state index contributed by atoms with van der Waals surface area (Å²) in [5.41, 5.74) is 0. The Bertz CT molecular complexity index is 270. The molecule has 0 aliphatic heterocycles. The molecule has 0 fully saturated rings. The van der Waals surface area contributed by atoms with Gasteiger partial charge in [0, 0.05) is 0 Å². The van der Waals surface area contributed by atoms with E-state index in [0.29, 0.717) is 16.9 Å². The summed E-state index contributed by atoms with van der Waals surface area (Å²) in [7, 11) is 0. The molecule has 1 aromatic heterocycles. The molecule has 0 saturated heterocycles. The second kappa shape index (κ2) is 5.42. The fourth-order valence-electron chi connectivity index (χ4n) is 1.62. The van der Waals surface area contributed by atoms with Crippen molar-refractivity contribution in [2.45, 2.75) is 39.2 Å². The van der Waals surface area contributed by atoms with Gasteiger partial charge >= 0.3 is 0 Å². The first-order valence-electron chi connectivity index (χ1n) is 5.06. The Morgan fingerprint density at radius 2 is 2.21 bits per heavy atom. The predicted molar refractivity (Wildman–Crippen MR) is 57.4 cm³/mol. The lowest BCUT2D eigenvalue weighted by molar-refractivity contribution is 0.121. The van der Waals surface area contributed by atoms with Crippen molar-refractivity contribution in [2.75, 3.05) is 0 Å². The van der Waals surface area contributed by atoms with Crippen molar-refractivity contribution >= 4 is 11.6 Å². The van der Waals surface area contributed by atoms with Crippen LogP contribution >= 0.6 is 11.6 Å². The number of rotatable bonds is 5. The van der Waals surface area contributed by atoms with E-state index < -0.39 is 6.10 Å². The number of hydrogen-bond acceptors (Lipinski definition) is 2. The highest BCUT2D eigenvalue weighted by atomic mass is 35.5. The third-order valence-corrected chi connectivity index (χ3v) is 2.53. The first kappa shape index (κ1) is 11.6. The van der Waals surface area contributed by atoms with Crippen molar-refractivity contribution in [3.8, 4) is 0 Å². The third-order valence-electron chi connectivity index (χ3n) is 2.33. The van der Waals surface area contributed by atoms with Gasteiger partial charge < -0.3 is 9.52 Å². The number of hydrogen-bond donors (Lipinski definition) is 1. The molecule has 2 atom stereocenters. The second-order valence-electron chi connectivity index (χ2n) is 3.79. The molecule has 1 aromatic rings. The molecule has 0 amide bonds. The molecular weight excluding hydrogens is 200 g/mol. The van der Waals surface area contributed by atoms with Gasteiger partial charge in [0.1, 0.15) is 11.9 Å². The maximum absolute atomic E-state index is 9.78. The average molecular weight is 217 g/mol. The zero-order valence-electron chi connectivity index (χ0n) is 8.66. The van der Waals surface area contributed by atoms with Crippen molar-refractivity contribution in [2.24, 2.45) is 5.92 Å². The number of furan rings is 1. The van der Waals surface area contributed by atoms with Crippen molar-refractivity contribution in [3.05, 3.63) is 23.1 Å². The topological polar surface area (TPSA) is 33.4 Å². The summed E-state index contributed by atoms with van der Waals surface area (Å²) in [6.07, 6.45) is 2.49. The lowest BCUT2D eigenvalue weighted by Gasteiger charge is -2.13. The first-order valence-corrected chi connectivity index (χ1v) is 5.44. The van der Waals surface area contributed by atoms with E-state index in [1.54, 1.807) is 12.1 Å². The molecule has 14 heavy (non-hydrogen) atoms. The third kappa shape index (κ3) is 3.35. The van der Waals surface area contributed by atoms with E-state index in [1.807, 2.05) is 0 Å². The normalized spacial score (nSPS) is 15.4. The average Bonchev–Trinajstić information content (AvgIpc) is 2.52. The van der Waals surface area contributed by atoms with Crippen LogP contribution < -0.4 is 0 Å². The van der Waals surface area contributed by atoms with E-state index in [2.05, 4.69) is 13.8 Å². The van der Waals surface area contributed by atoms with Crippen LogP contribution in [0.4, 0.5) is 0 Å². The maximum atomic E-state index is 9.78. The summed E-state index contributed by atoms with van der Waals surface area (Å²) in [6.45, 7) is 4.28. The molecule has 0 aliphatic rings. The standard InChI is InChI=1S/C11H17ClO2/c1-3-4-8(2)7-9(13)10-5-6-11(12)14-10/h5-6,8-9,13H,3-4,7H2,1-2H3. The highest BCUT2D eigenvalue weighted by molar-refractivity contribution is 6.28. The van der Waals surface area contributed by atoms with Gasteiger partial charge in [0.05, 0.1) is 0 Å². The molecular formula is C11H17ClO2. The minimum absolute atomic E-state index is 0.335. The number of aliphatic hydroxyl groups excluding tert-OH is 1. The van der Waals surface area contributed by atoms with E-state index in [-0.39, 0.29) is 0 Å². The molecule has 0 aromatic carbocycles. The van der Waals surface area contributed by atoms with Crippen LogP contribution in [0.25, 0.3) is 0 Å². The van der Waals surface area contributed by atoms with Gasteiger partial charge in [-0.15, -0.1) is 0 Å². The molecule has 0 saturated carbocycles. The van der Waals surface area contributed by atoms with Crippen LogP contribution in [0.1, 0.15) is 45.0 Å². The van der Waals surface area contributed by atoms with Gasteiger partial charge in [-0.05, 0) is 36.1 Å². The summed E-state index contributed by atoms with van der Waals surface area (Å²) >= 11 is 5.62. The molecule has 1 rings (SSSR count). The van der Waals surface area contributed by atoms with Gasteiger partial charge in [0.25, 0.3) is 0 Å². The Balaban J connectivity index is 2.45. The molecule has 2 unspecified atom stereocenters. The van der Waals surface area contributed by atoms with Gasteiger partial charge in [0.2, 0.25) is 0 Å². The van der Waals surface area contributed by atoms with Crippen LogP contribution in [-0.4, -0.2) is 5.11 Å². The van der Waals surface area contributed by atoms with E-state index >= 15 is 0 Å². The largest absolute Gasteiger partial charge is 0.447 e. The maximum Gasteiger partial charge on any atom is 0.193 e. The van der Waals surface area contributed by atoms with E-state index in [0.717, 1.165) is 19.3 Å². The molecule has 80 valence electrons. The molecule has 0 radical (unpaired) electrons. The summed E-state index contributed by atoms with van der Waals surface area (Å²) in [5, 5.41) is 10.1. The van der Waals surface area contributed by atoms with Crippen LogP contribution in [0.2, 0.25) is 5.22 Å². The lowest BCUT2D eigenvalue weighted by atomic mass is 9.98. The highest BCUT2D eigenvalue weighted by Crippen LogP contribution is 2.26. The SMILES string of the molecule is CCCC(C)CC(O)c1ccc(Cl)o1. The number of aliphatic hydroxyl groups is 1. The van der Waals surface area contributed by atoms with Crippen molar-refractivity contribution in [3.63, 3.8) is 0 Å². The predicted octanol–water partition coefficient (Wildman–Crippen LogP) is 3.79. The van der Waals surface area contributed by atoms with E-state index in [9.17, 15) is 5.11 Å². The summed E-state index contributed by atoms with van der Waals surface area (Å²) in [4.78, 5) is 0. The van der Waals surface area contributed by atoms with Gasteiger partial charge in [-0.1, -0.05) is 26.7 Å². The summed E-state index contributed by atoms with van der Waals surface area (Å²) in [5.74, 6) is 1.08. The van der Waals surface area contributed by atoms with Crippen molar-refractivity contribution in [1.82, 2.24) is 0 Å².